The summed E-state index contributed by atoms with van der Waals surface area (Å²) in [6.45, 7) is 1.84. The molecule has 10 heteroatoms. The minimum absolute atomic E-state index is 0.0180. The normalized spacial score (nSPS) is 11.2. The van der Waals surface area contributed by atoms with Crippen molar-refractivity contribution in [2.75, 3.05) is 5.32 Å². The Morgan fingerprint density at radius 2 is 1.59 bits per heavy atom. The summed E-state index contributed by atoms with van der Waals surface area (Å²) in [6, 6.07) is 28.3. The highest BCUT2D eigenvalue weighted by molar-refractivity contribution is 6.20. The minimum Gasteiger partial charge on any atom is -0.358 e. The third-order valence-electron chi connectivity index (χ3n) is 6.88. The summed E-state index contributed by atoms with van der Waals surface area (Å²) in [4.78, 5) is 36.6. The summed E-state index contributed by atoms with van der Waals surface area (Å²) in [7, 11) is 0. The van der Waals surface area contributed by atoms with Crippen LogP contribution in [-0.4, -0.2) is 46.3 Å². The zero-order valence-electron chi connectivity index (χ0n) is 21.8. The molecule has 198 valence electrons. The topological polar surface area (TPSA) is 123 Å². The van der Waals surface area contributed by atoms with E-state index in [0.29, 0.717) is 22.6 Å². The van der Waals surface area contributed by atoms with Gasteiger partial charge in [-0.3, -0.25) is 9.59 Å². The second kappa shape index (κ2) is 9.69. The van der Waals surface area contributed by atoms with E-state index in [1.807, 2.05) is 97.9 Å². The molecule has 1 amide bonds. The molecule has 0 saturated carbocycles. The Bertz CT molecular complexity index is 2070. The molecule has 4 heterocycles. The lowest BCUT2D eigenvalue weighted by Gasteiger charge is -2.05. The minimum atomic E-state index is -0.512. The summed E-state index contributed by atoms with van der Waals surface area (Å²) in [5, 5.41) is 17.0. The van der Waals surface area contributed by atoms with E-state index in [0.717, 1.165) is 22.2 Å². The summed E-state index contributed by atoms with van der Waals surface area (Å²) in [6.07, 6.45) is 3.09. The summed E-state index contributed by atoms with van der Waals surface area (Å²) in [5.41, 5.74) is 4.99. The molecular formula is C31H22N8O2. The molecule has 0 aliphatic carbocycles. The molecule has 0 saturated heterocycles. The number of H-pyrrole nitrogens is 1. The lowest BCUT2D eigenvalue weighted by atomic mass is 10.0. The van der Waals surface area contributed by atoms with Gasteiger partial charge in [-0.05, 0) is 31.2 Å². The van der Waals surface area contributed by atoms with E-state index in [1.165, 1.54) is 11.0 Å². The molecule has 0 unspecified atom stereocenters. The number of para-hydroxylation sites is 2. The van der Waals surface area contributed by atoms with Crippen LogP contribution in [0.15, 0.2) is 103 Å². The van der Waals surface area contributed by atoms with Gasteiger partial charge in [-0.15, -0.1) is 15.0 Å². The predicted octanol–water partition coefficient (Wildman–Crippen LogP) is 5.25. The number of fused-ring (bicyclic) bond motifs is 2. The Balaban J connectivity index is 1.31. The van der Waals surface area contributed by atoms with Crippen molar-refractivity contribution < 1.29 is 9.59 Å². The smallest absolute Gasteiger partial charge is 0.262 e. The van der Waals surface area contributed by atoms with Crippen molar-refractivity contribution in [3.63, 3.8) is 0 Å². The number of benzene rings is 3. The fourth-order valence-corrected chi connectivity index (χ4v) is 4.96. The Morgan fingerprint density at radius 1 is 0.854 bits per heavy atom. The maximum atomic E-state index is 14.0. The number of aromatic nitrogens is 7. The number of aryl methyl sites for hydroxylation is 1. The molecule has 0 atom stereocenters. The van der Waals surface area contributed by atoms with Crippen LogP contribution in [0.4, 0.5) is 5.82 Å². The molecule has 0 bridgehead atoms. The van der Waals surface area contributed by atoms with Crippen molar-refractivity contribution in [1.82, 2.24) is 34.6 Å². The van der Waals surface area contributed by atoms with Crippen LogP contribution in [0.3, 0.4) is 0 Å². The maximum absolute atomic E-state index is 14.0. The van der Waals surface area contributed by atoms with Gasteiger partial charge in [0.25, 0.3) is 5.91 Å². The van der Waals surface area contributed by atoms with Crippen LogP contribution in [0.25, 0.3) is 33.5 Å². The number of anilines is 1. The number of amides is 1. The largest absolute Gasteiger partial charge is 0.358 e. The van der Waals surface area contributed by atoms with E-state index < -0.39 is 5.91 Å². The molecule has 0 spiro atoms. The lowest BCUT2D eigenvalue weighted by Crippen LogP contribution is -2.16. The van der Waals surface area contributed by atoms with Gasteiger partial charge in [0.1, 0.15) is 5.56 Å². The van der Waals surface area contributed by atoms with Gasteiger partial charge in [-0.1, -0.05) is 66.7 Å². The van der Waals surface area contributed by atoms with Gasteiger partial charge in [0.2, 0.25) is 5.78 Å². The second-order valence-electron chi connectivity index (χ2n) is 9.47. The first kappa shape index (κ1) is 24.2. The molecule has 4 aromatic heterocycles. The molecule has 0 aliphatic rings. The summed E-state index contributed by atoms with van der Waals surface area (Å²) < 4.78 is 1.62. The molecule has 3 aromatic carbocycles. The highest BCUT2D eigenvalue weighted by atomic mass is 16.2. The van der Waals surface area contributed by atoms with Gasteiger partial charge in [0, 0.05) is 28.4 Å². The van der Waals surface area contributed by atoms with E-state index in [1.54, 1.807) is 10.7 Å². The number of nitrogens with zero attached hydrogens (tertiary/aromatic N) is 6. The number of rotatable bonds is 6. The van der Waals surface area contributed by atoms with Crippen molar-refractivity contribution in [2.45, 2.75) is 6.92 Å². The Kier molecular flexibility index (Phi) is 5.71. The van der Waals surface area contributed by atoms with Crippen molar-refractivity contribution in [3.8, 4) is 16.9 Å². The number of carbonyl (C=O) groups excluding carboxylic acids is 2. The first-order valence-corrected chi connectivity index (χ1v) is 12.9. The van der Waals surface area contributed by atoms with Crippen LogP contribution >= 0.6 is 0 Å². The van der Waals surface area contributed by atoms with Gasteiger partial charge >= 0.3 is 0 Å². The standard InChI is InChI=1S/C31H22N8O2/c1-19-26(22-14-8-9-15-24(22)34-19)28(40)27-29(37-39(36-27)21-12-6-3-7-13-21)35-31(41)23-18-33-38-25(16-17-32-30(23)38)20-10-4-2-5-11-20/h2-18,34H,1H3,(H,35,37,41). The fraction of sp³-hybridized carbons (Fsp3) is 0.0323. The van der Waals surface area contributed by atoms with Crippen LogP contribution in [0, 0.1) is 6.92 Å². The number of ketones is 1. The van der Waals surface area contributed by atoms with E-state index in [2.05, 4.69) is 30.6 Å². The monoisotopic (exact) mass is 538 g/mol. The Hall–Kier alpha value is -5.90. The first-order chi connectivity index (χ1) is 20.1. The molecule has 7 rings (SSSR count). The first-order valence-electron chi connectivity index (χ1n) is 12.9. The van der Waals surface area contributed by atoms with Gasteiger partial charge < -0.3 is 10.3 Å². The molecule has 0 fully saturated rings. The van der Waals surface area contributed by atoms with E-state index in [4.69, 9.17) is 0 Å². The highest BCUT2D eigenvalue weighted by Crippen LogP contribution is 2.27. The van der Waals surface area contributed by atoms with Gasteiger partial charge in [0.05, 0.1) is 23.1 Å². The fourth-order valence-electron chi connectivity index (χ4n) is 4.96. The van der Waals surface area contributed by atoms with Crippen LogP contribution in [0.1, 0.15) is 32.1 Å². The predicted molar refractivity (Wildman–Crippen MR) is 154 cm³/mol. The van der Waals surface area contributed by atoms with E-state index >= 15 is 0 Å². The van der Waals surface area contributed by atoms with Crippen LogP contribution < -0.4 is 5.32 Å². The van der Waals surface area contributed by atoms with Crippen molar-refractivity contribution >= 4 is 34.1 Å². The number of nitrogens with one attached hydrogen (secondary N) is 2. The Morgan fingerprint density at radius 3 is 2.39 bits per heavy atom. The van der Waals surface area contributed by atoms with Gasteiger partial charge in [0.15, 0.2) is 17.2 Å². The third kappa shape index (κ3) is 4.14. The van der Waals surface area contributed by atoms with Crippen LogP contribution in [-0.2, 0) is 0 Å². The quantitative estimate of drug-likeness (QED) is 0.279. The van der Waals surface area contributed by atoms with E-state index in [9.17, 15) is 9.59 Å². The van der Waals surface area contributed by atoms with Crippen molar-refractivity contribution in [1.29, 1.82) is 0 Å². The average Bonchev–Trinajstić information content (AvgIpc) is 3.72. The SMILES string of the molecule is Cc1[nH]c2ccccc2c1C(=O)c1nn(-c2ccccc2)nc1NC(=O)c1cnn2c(-c3ccccc3)ccnc12. The zero-order chi connectivity index (χ0) is 27.9. The number of hydrogen-bond donors (Lipinski definition) is 2. The van der Waals surface area contributed by atoms with E-state index in [-0.39, 0.29) is 22.9 Å². The van der Waals surface area contributed by atoms with Crippen LogP contribution in [0.5, 0.6) is 0 Å². The van der Waals surface area contributed by atoms with Crippen molar-refractivity contribution in [3.05, 3.63) is 126 Å². The lowest BCUT2D eigenvalue weighted by molar-refractivity contribution is 0.102. The summed E-state index contributed by atoms with van der Waals surface area (Å²) in [5.74, 6) is -0.837. The Labute approximate surface area is 233 Å². The molecule has 0 radical (unpaired) electrons. The number of carbonyl (C=O) groups is 2. The second-order valence-corrected chi connectivity index (χ2v) is 9.47. The number of aromatic amines is 1. The molecule has 2 N–H and O–H groups in total. The molecular weight excluding hydrogens is 516 g/mol. The molecule has 0 aliphatic heterocycles. The van der Waals surface area contributed by atoms with Gasteiger partial charge in [-0.2, -0.15) is 5.10 Å². The number of hydrogen-bond acceptors (Lipinski definition) is 6. The van der Waals surface area contributed by atoms with Gasteiger partial charge in [-0.25, -0.2) is 9.50 Å². The van der Waals surface area contributed by atoms with Crippen molar-refractivity contribution in [2.24, 2.45) is 0 Å². The molecule has 7 aromatic rings. The zero-order valence-corrected chi connectivity index (χ0v) is 21.8. The molecule has 41 heavy (non-hydrogen) atoms. The highest BCUT2D eigenvalue weighted by Gasteiger charge is 2.27. The molecule has 10 nitrogen and oxygen atoms in total. The van der Waals surface area contributed by atoms with Crippen LogP contribution in [0.2, 0.25) is 0 Å². The maximum Gasteiger partial charge on any atom is 0.262 e. The summed E-state index contributed by atoms with van der Waals surface area (Å²) >= 11 is 0. The third-order valence-corrected chi connectivity index (χ3v) is 6.88. The average molecular weight is 539 g/mol.